The van der Waals surface area contributed by atoms with Crippen LogP contribution >= 0.6 is 12.2 Å². The highest BCUT2D eigenvalue weighted by Gasteiger charge is 2.35. The summed E-state index contributed by atoms with van der Waals surface area (Å²) in [5.74, 6) is 0. The zero-order valence-electron chi connectivity index (χ0n) is 12.0. The normalized spacial score (nSPS) is 21.4. The fraction of sp³-hybridized carbons (Fsp3) is 0.235. The smallest absolute Gasteiger partial charge is 0.184 e. The molecule has 1 saturated heterocycles. The van der Waals surface area contributed by atoms with Crippen LogP contribution in [0.5, 0.6) is 0 Å². The van der Waals surface area contributed by atoms with E-state index in [0.717, 1.165) is 11.7 Å². The van der Waals surface area contributed by atoms with Gasteiger partial charge in [0, 0.05) is 6.54 Å². The lowest BCUT2D eigenvalue weighted by Crippen LogP contribution is -2.41. The van der Waals surface area contributed by atoms with Crippen molar-refractivity contribution in [1.82, 2.24) is 15.8 Å². The van der Waals surface area contributed by atoms with E-state index in [1.54, 1.807) is 0 Å². The third kappa shape index (κ3) is 3.06. The molecule has 108 valence electrons. The van der Waals surface area contributed by atoms with Crippen molar-refractivity contribution in [2.75, 3.05) is 0 Å². The molecule has 0 aromatic heterocycles. The third-order valence-electron chi connectivity index (χ3n) is 3.76. The maximum absolute atomic E-state index is 5.46. The Morgan fingerprint density at radius 1 is 1.05 bits per heavy atom. The van der Waals surface area contributed by atoms with E-state index in [1.165, 1.54) is 11.1 Å². The van der Waals surface area contributed by atoms with Gasteiger partial charge in [0.1, 0.15) is 0 Å². The van der Waals surface area contributed by atoms with E-state index in [-0.39, 0.29) is 12.1 Å². The Balaban J connectivity index is 1.77. The molecule has 2 N–H and O–H groups in total. The van der Waals surface area contributed by atoms with E-state index >= 15 is 0 Å². The van der Waals surface area contributed by atoms with Crippen molar-refractivity contribution in [2.45, 2.75) is 25.6 Å². The second-order valence-corrected chi connectivity index (χ2v) is 5.67. The number of nitrogens with zero attached hydrogens (tertiary/aromatic N) is 1. The van der Waals surface area contributed by atoms with Gasteiger partial charge in [-0.2, -0.15) is 0 Å². The highest BCUT2D eigenvalue weighted by molar-refractivity contribution is 7.80. The van der Waals surface area contributed by atoms with Crippen LogP contribution in [0.25, 0.3) is 0 Å². The lowest BCUT2D eigenvalue weighted by atomic mass is 10.0. The summed E-state index contributed by atoms with van der Waals surface area (Å²) in [6.45, 7) is 2.92. The standard InChI is InChI=1S/C17H19N3S/c1-13-16(15-10-6-3-7-11-15)20(17(21)19-13)18-12-14-8-4-2-5-9-14/h2-11,13,16,18H,12H2,1H3,(H,19,21). The molecule has 21 heavy (non-hydrogen) atoms. The van der Waals surface area contributed by atoms with Gasteiger partial charge in [0.15, 0.2) is 5.11 Å². The van der Waals surface area contributed by atoms with Gasteiger partial charge in [-0.25, -0.2) is 5.43 Å². The molecule has 2 aromatic rings. The molecule has 1 heterocycles. The molecule has 2 atom stereocenters. The van der Waals surface area contributed by atoms with Gasteiger partial charge >= 0.3 is 0 Å². The molecule has 4 heteroatoms. The van der Waals surface area contributed by atoms with Gasteiger partial charge in [0.05, 0.1) is 12.1 Å². The van der Waals surface area contributed by atoms with E-state index in [9.17, 15) is 0 Å². The molecule has 2 unspecified atom stereocenters. The second-order valence-electron chi connectivity index (χ2n) is 5.28. The molecule has 1 fully saturated rings. The number of hydrazine groups is 1. The molecular formula is C17H19N3S. The van der Waals surface area contributed by atoms with Crippen LogP contribution in [0.3, 0.4) is 0 Å². The lowest BCUT2D eigenvalue weighted by molar-refractivity contribution is 0.239. The quantitative estimate of drug-likeness (QED) is 0.848. The van der Waals surface area contributed by atoms with E-state index in [4.69, 9.17) is 12.2 Å². The Hall–Kier alpha value is -1.91. The number of hydrogen-bond donors (Lipinski definition) is 2. The minimum Gasteiger partial charge on any atom is -0.357 e. The molecule has 0 amide bonds. The highest BCUT2D eigenvalue weighted by Crippen LogP contribution is 2.27. The van der Waals surface area contributed by atoms with Gasteiger partial charge < -0.3 is 5.32 Å². The molecule has 3 nitrogen and oxygen atoms in total. The molecule has 0 spiro atoms. The van der Waals surface area contributed by atoms with Crippen molar-refractivity contribution in [1.29, 1.82) is 0 Å². The topological polar surface area (TPSA) is 27.3 Å². The van der Waals surface area contributed by atoms with Crippen LogP contribution in [-0.2, 0) is 6.54 Å². The van der Waals surface area contributed by atoms with E-state index < -0.39 is 0 Å². The second kappa shape index (κ2) is 6.24. The highest BCUT2D eigenvalue weighted by atomic mass is 32.1. The number of hydrogen-bond acceptors (Lipinski definition) is 2. The van der Waals surface area contributed by atoms with Crippen LogP contribution in [0.4, 0.5) is 0 Å². The third-order valence-corrected chi connectivity index (χ3v) is 4.07. The van der Waals surface area contributed by atoms with E-state index in [2.05, 4.69) is 71.2 Å². The maximum Gasteiger partial charge on any atom is 0.184 e. The van der Waals surface area contributed by atoms with Crippen molar-refractivity contribution in [2.24, 2.45) is 0 Å². The summed E-state index contributed by atoms with van der Waals surface area (Å²) in [6.07, 6.45) is 0. The average Bonchev–Trinajstić information content (AvgIpc) is 2.81. The summed E-state index contributed by atoms with van der Waals surface area (Å²) < 4.78 is 0. The van der Waals surface area contributed by atoms with Crippen molar-refractivity contribution in [3.63, 3.8) is 0 Å². The molecule has 0 radical (unpaired) electrons. The van der Waals surface area contributed by atoms with Gasteiger partial charge in [-0.3, -0.25) is 5.01 Å². The average molecular weight is 297 g/mol. The van der Waals surface area contributed by atoms with Gasteiger partial charge in [-0.15, -0.1) is 0 Å². The van der Waals surface area contributed by atoms with Crippen LogP contribution in [0.15, 0.2) is 60.7 Å². The van der Waals surface area contributed by atoms with Gasteiger partial charge in [-0.05, 0) is 30.3 Å². The van der Waals surface area contributed by atoms with Crippen LogP contribution < -0.4 is 10.7 Å². The van der Waals surface area contributed by atoms with Crippen molar-refractivity contribution < 1.29 is 0 Å². The first-order valence-corrected chi connectivity index (χ1v) is 7.58. The van der Waals surface area contributed by atoms with E-state index in [0.29, 0.717) is 0 Å². The molecule has 0 bridgehead atoms. The summed E-state index contributed by atoms with van der Waals surface area (Å²) in [5, 5.41) is 6.18. The molecule has 1 aliphatic heterocycles. The molecule has 0 aliphatic carbocycles. The predicted octanol–water partition coefficient (Wildman–Crippen LogP) is 3.01. The molecule has 0 saturated carbocycles. The first-order chi connectivity index (χ1) is 10.3. The van der Waals surface area contributed by atoms with Crippen LogP contribution in [0.2, 0.25) is 0 Å². The van der Waals surface area contributed by atoms with Crippen LogP contribution in [-0.4, -0.2) is 16.2 Å². The summed E-state index contributed by atoms with van der Waals surface area (Å²) in [5.41, 5.74) is 5.96. The largest absolute Gasteiger partial charge is 0.357 e. The maximum atomic E-state index is 5.46. The van der Waals surface area contributed by atoms with Gasteiger partial charge in [0.25, 0.3) is 0 Å². The molecular weight excluding hydrogens is 278 g/mol. The van der Waals surface area contributed by atoms with Crippen molar-refractivity contribution in [3.8, 4) is 0 Å². The first-order valence-electron chi connectivity index (χ1n) is 7.18. The fourth-order valence-electron chi connectivity index (χ4n) is 2.72. The molecule has 3 rings (SSSR count). The summed E-state index contributed by atoms with van der Waals surface area (Å²) in [6, 6.07) is 21.3. The fourth-order valence-corrected chi connectivity index (χ4v) is 3.09. The Kier molecular flexibility index (Phi) is 4.18. The molecule has 2 aromatic carbocycles. The Morgan fingerprint density at radius 2 is 1.67 bits per heavy atom. The van der Waals surface area contributed by atoms with Crippen LogP contribution in [0.1, 0.15) is 24.1 Å². The SMILES string of the molecule is CC1NC(=S)N(NCc2ccccc2)C1c1ccccc1. The van der Waals surface area contributed by atoms with Crippen molar-refractivity contribution in [3.05, 3.63) is 71.8 Å². The molecule has 1 aliphatic rings. The van der Waals surface area contributed by atoms with Gasteiger partial charge in [0.2, 0.25) is 0 Å². The number of nitrogens with one attached hydrogen (secondary N) is 2. The zero-order valence-corrected chi connectivity index (χ0v) is 12.8. The number of rotatable bonds is 4. The minimum absolute atomic E-state index is 0.211. The first kappa shape index (κ1) is 14.0. The van der Waals surface area contributed by atoms with Crippen LogP contribution in [0, 0.1) is 0 Å². The predicted molar refractivity (Wildman–Crippen MR) is 89.5 cm³/mol. The van der Waals surface area contributed by atoms with E-state index in [1.807, 2.05) is 12.1 Å². The number of thiocarbonyl (C=S) groups is 1. The Labute approximate surface area is 130 Å². The zero-order chi connectivity index (χ0) is 14.7. The Bertz CT molecular complexity index is 600. The van der Waals surface area contributed by atoms with Gasteiger partial charge in [-0.1, -0.05) is 60.7 Å². The summed E-state index contributed by atoms with van der Waals surface area (Å²) >= 11 is 5.46. The monoisotopic (exact) mass is 297 g/mol. The minimum atomic E-state index is 0.211. The lowest BCUT2D eigenvalue weighted by Gasteiger charge is -2.27. The number of benzene rings is 2. The van der Waals surface area contributed by atoms with Crippen molar-refractivity contribution >= 4 is 17.3 Å². The Morgan fingerprint density at radius 3 is 2.33 bits per heavy atom. The summed E-state index contributed by atoms with van der Waals surface area (Å²) in [4.78, 5) is 0. The summed E-state index contributed by atoms with van der Waals surface area (Å²) in [7, 11) is 0.